The van der Waals surface area contributed by atoms with Crippen LogP contribution in [0.25, 0.3) is 0 Å². The maximum absolute atomic E-state index is 11.0. The van der Waals surface area contributed by atoms with Crippen molar-refractivity contribution in [2.75, 3.05) is 6.61 Å². The van der Waals surface area contributed by atoms with E-state index in [-0.39, 0.29) is 10.8 Å². The summed E-state index contributed by atoms with van der Waals surface area (Å²) in [5, 5.41) is 0. The molecule has 1 unspecified atom stereocenters. The molecule has 0 fully saturated rings. The summed E-state index contributed by atoms with van der Waals surface area (Å²) < 4.78 is 4.87. The van der Waals surface area contributed by atoms with Crippen LogP contribution in [0.2, 0.25) is 0 Å². The van der Waals surface area contributed by atoms with Crippen LogP contribution in [0.5, 0.6) is 0 Å². The van der Waals surface area contributed by atoms with Crippen molar-refractivity contribution in [2.24, 2.45) is 0 Å². The third-order valence-electron chi connectivity index (χ3n) is 1.08. The normalized spacial score (nSPS) is 12.3. The van der Waals surface area contributed by atoms with E-state index >= 15 is 0 Å². The summed E-state index contributed by atoms with van der Waals surface area (Å²) in [6.45, 7) is 7.68. The fourth-order valence-corrected chi connectivity index (χ4v) is 0.584. The van der Waals surface area contributed by atoms with Gasteiger partial charge in [-0.25, -0.2) is 0 Å². The number of esters is 1. The second-order valence-electron chi connectivity index (χ2n) is 2.44. The Labute approximate surface area is 75.7 Å². The van der Waals surface area contributed by atoms with Gasteiger partial charge in [0.15, 0.2) is 0 Å². The van der Waals surface area contributed by atoms with Gasteiger partial charge in [-0.1, -0.05) is 29.4 Å². The van der Waals surface area contributed by atoms with Crippen molar-refractivity contribution in [3.05, 3.63) is 12.2 Å². The van der Waals surface area contributed by atoms with E-state index < -0.39 is 0 Å². The average Bonchev–Trinajstić information content (AvgIpc) is 1.98. The van der Waals surface area contributed by atoms with E-state index in [1.54, 1.807) is 0 Å². The van der Waals surface area contributed by atoms with Crippen molar-refractivity contribution in [1.82, 2.24) is 0 Å². The Hall–Kier alpha value is -0.310. The second-order valence-corrected chi connectivity index (χ2v) is 3.55. The average molecular weight is 221 g/mol. The molecule has 0 N–H and O–H groups in total. The van der Waals surface area contributed by atoms with E-state index in [2.05, 4.69) is 22.5 Å². The first kappa shape index (κ1) is 10.7. The van der Waals surface area contributed by atoms with Gasteiger partial charge in [-0.3, -0.25) is 4.79 Å². The van der Waals surface area contributed by atoms with Gasteiger partial charge in [-0.2, -0.15) is 0 Å². The summed E-state index contributed by atoms with van der Waals surface area (Å²) in [4.78, 5) is 10.8. The number of carbonyl (C=O) groups excluding carboxylic acids is 1. The van der Waals surface area contributed by atoms with E-state index in [4.69, 9.17) is 4.74 Å². The van der Waals surface area contributed by atoms with Crippen LogP contribution >= 0.6 is 15.9 Å². The number of alkyl halides is 1. The van der Waals surface area contributed by atoms with Gasteiger partial charge in [0, 0.05) is 0 Å². The largest absolute Gasteiger partial charge is 0.460 e. The Bertz CT molecular complexity index is 154. The maximum Gasteiger partial charge on any atom is 0.320 e. The molecule has 0 saturated carbocycles. The molecule has 64 valence electrons. The highest BCUT2D eigenvalue weighted by molar-refractivity contribution is 9.10. The van der Waals surface area contributed by atoms with Gasteiger partial charge in [0.05, 0.1) is 0 Å². The molecule has 0 heterocycles. The number of ether oxygens (including phenoxy) is 1. The van der Waals surface area contributed by atoms with E-state index in [0.717, 1.165) is 12.0 Å². The zero-order valence-corrected chi connectivity index (χ0v) is 8.48. The smallest absolute Gasteiger partial charge is 0.320 e. The molecule has 0 rings (SSSR count). The highest BCUT2D eigenvalue weighted by Crippen LogP contribution is 2.06. The van der Waals surface area contributed by atoms with Crippen LogP contribution < -0.4 is 0 Å². The fraction of sp³-hybridized carbons (Fsp3) is 0.625. The summed E-state index contributed by atoms with van der Waals surface area (Å²) in [6, 6.07) is 0. The Morgan fingerprint density at radius 1 is 1.73 bits per heavy atom. The lowest BCUT2D eigenvalue weighted by Crippen LogP contribution is -2.17. The van der Waals surface area contributed by atoms with Crippen molar-refractivity contribution in [3.8, 4) is 0 Å². The van der Waals surface area contributed by atoms with Gasteiger partial charge in [0.2, 0.25) is 0 Å². The molecule has 11 heavy (non-hydrogen) atoms. The molecule has 0 aliphatic rings. The topological polar surface area (TPSA) is 26.3 Å². The highest BCUT2D eigenvalue weighted by atomic mass is 79.9. The van der Waals surface area contributed by atoms with Crippen molar-refractivity contribution in [1.29, 1.82) is 0 Å². The number of halogens is 1. The van der Waals surface area contributed by atoms with Crippen molar-refractivity contribution in [3.63, 3.8) is 0 Å². The molecule has 0 aromatic rings. The van der Waals surface area contributed by atoms with Crippen LogP contribution in [0.3, 0.4) is 0 Å². The lowest BCUT2D eigenvalue weighted by atomic mass is 10.3. The number of hydrogen-bond acceptors (Lipinski definition) is 2. The van der Waals surface area contributed by atoms with Crippen LogP contribution in [-0.4, -0.2) is 17.4 Å². The summed E-state index contributed by atoms with van der Waals surface area (Å²) in [5.41, 5.74) is 0.856. The van der Waals surface area contributed by atoms with Gasteiger partial charge in [0.1, 0.15) is 11.4 Å². The third-order valence-corrected chi connectivity index (χ3v) is 2.10. The first-order chi connectivity index (χ1) is 5.07. The monoisotopic (exact) mass is 220 g/mol. The SMILES string of the molecule is C=C(C)COC(=O)C(Br)CC. The molecule has 0 aliphatic heterocycles. The maximum atomic E-state index is 11.0. The molecule has 2 nitrogen and oxygen atoms in total. The molecular weight excluding hydrogens is 208 g/mol. The molecule has 0 aliphatic carbocycles. The first-order valence-corrected chi connectivity index (χ1v) is 4.44. The highest BCUT2D eigenvalue weighted by Gasteiger charge is 2.12. The second kappa shape index (κ2) is 5.35. The van der Waals surface area contributed by atoms with Crippen LogP contribution in [0.15, 0.2) is 12.2 Å². The quantitative estimate of drug-likeness (QED) is 0.413. The summed E-state index contributed by atoms with van der Waals surface area (Å²) >= 11 is 3.19. The molecule has 1 atom stereocenters. The lowest BCUT2D eigenvalue weighted by Gasteiger charge is -2.06. The Morgan fingerprint density at radius 3 is 2.64 bits per heavy atom. The van der Waals surface area contributed by atoms with Crippen LogP contribution in [0.4, 0.5) is 0 Å². The lowest BCUT2D eigenvalue weighted by molar-refractivity contribution is -0.141. The van der Waals surface area contributed by atoms with Crippen molar-refractivity contribution >= 4 is 21.9 Å². The molecule has 0 aromatic heterocycles. The minimum atomic E-state index is -0.212. The Balaban J connectivity index is 3.60. The third kappa shape index (κ3) is 5.01. The minimum Gasteiger partial charge on any atom is -0.460 e. The predicted molar refractivity (Wildman–Crippen MR) is 48.8 cm³/mol. The van der Waals surface area contributed by atoms with Gasteiger partial charge < -0.3 is 4.74 Å². The van der Waals surface area contributed by atoms with Crippen LogP contribution in [0, 0.1) is 0 Å². The van der Waals surface area contributed by atoms with E-state index in [1.165, 1.54) is 0 Å². The molecule has 0 saturated heterocycles. The molecular formula is C8H13BrO2. The van der Waals surface area contributed by atoms with Crippen LogP contribution in [0.1, 0.15) is 20.3 Å². The molecule has 0 aromatic carbocycles. The first-order valence-electron chi connectivity index (χ1n) is 3.53. The summed E-state index contributed by atoms with van der Waals surface area (Å²) in [6.07, 6.45) is 0.745. The van der Waals surface area contributed by atoms with Gasteiger partial charge in [-0.05, 0) is 18.9 Å². The van der Waals surface area contributed by atoms with Crippen molar-refractivity contribution < 1.29 is 9.53 Å². The summed E-state index contributed by atoms with van der Waals surface area (Å²) in [5.74, 6) is -0.212. The fourth-order valence-electron chi connectivity index (χ4n) is 0.451. The molecule has 0 spiro atoms. The van der Waals surface area contributed by atoms with Crippen LogP contribution in [-0.2, 0) is 9.53 Å². The van der Waals surface area contributed by atoms with E-state index in [9.17, 15) is 4.79 Å². The number of rotatable bonds is 4. The zero-order chi connectivity index (χ0) is 8.85. The minimum absolute atomic E-state index is 0.179. The van der Waals surface area contributed by atoms with Crippen molar-refractivity contribution in [2.45, 2.75) is 25.1 Å². The van der Waals surface area contributed by atoms with E-state index in [1.807, 2.05) is 13.8 Å². The standard InChI is InChI=1S/C8H13BrO2/c1-4-7(9)8(10)11-5-6(2)3/h7H,2,4-5H2,1,3H3. The molecule has 0 amide bonds. The Morgan fingerprint density at radius 2 is 2.27 bits per heavy atom. The Kier molecular flexibility index (Phi) is 5.20. The molecule has 0 radical (unpaired) electrons. The zero-order valence-electron chi connectivity index (χ0n) is 6.89. The number of carbonyl (C=O) groups is 1. The summed E-state index contributed by atoms with van der Waals surface area (Å²) in [7, 11) is 0. The predicted octanol–water partition coefficient (Wildman–Crippen LogP) is 2.28. The van der Waals surface area contributed by atoms with E-state index in [0.29, 0.717) is 6.61 Å². The van der Waals surface area contributed by atoms with Gasteiger partial charge >= 0.3 is 5.97 Å². The van der Waals surface area contributed by atoms with Gasteiger partial charge in [0.25, 0.3) is 0 Å². The number of hydrogen-bond donors (Lipinski definition) is 0. The molecule has 3 heteroatoms. The van der Waals surface area contributed by atoms with Gasteiger partial charge in [-0.15, -0.1) is 0 Å². The molecule has 0 bridgehead atoms.